The van der Waals surface area contributed by atoms with Crippen molar-refractivity contribution in [1.82, 2.24) is 5.32 Å². The molecule has 0 atom stereocenters. The molecule has 1 heterocycles. The first-order chi connectivity index (χ1) is 9.08. The van der Waals surface area contributed by atoms with Gasteiger partial charge < -0.3 is 5.32 Å². The molecule has 0 unspecified atom stereocenters. The van der Waals surface area contributed by atoms with Gasteiger partial charge in [0.1, 0.15) is 5.84 Å². The predicted octanol–water partition coefficient (Wildman–Crippen LogP) is 4.36. The third kappa shape index (κ3) is 3.49. The Bertz CT molecular complexity index is 578. The molecule has 0 spiro atoms. The van der Waals surface area contributed by atoms with Crippen LogP contribution in [0, 0.1) is 0 Å². The zero-order valence-electron chi connectivity index (χ0n) is 10.6. The smallest absolute Gasteiger partial charge is 0.136 e. The van der Waals surface area contributed by atoms with Crippen LogP contribution in [0.5, 0.6) is 0 Å². The summed E-state index contributed by atoms with van der Waals surface area (Å²) in [5.74, 6) is 0.635. The molecule has 0 aliphatic carbocycles. The van der Waals surface area contributed by atoms with Crippen LogP contribution in [0.15, 0.2) is 59.3 Å². The summed E-state index contributed by atoms with van der Waals surface area (Å²) in [5.41, 5.74) is 2.58. The highest BCUT2D eigenvalue weighted by molar-refractivity contribution is 6.40. The molecule has 1 aliphatic heterocycles. The summed E-state index contributed by atoms with van der Waals surface area (Å²) in [7, 11) is 0. The van der Waals surface area contributed by atoms with Gasteiger partial charge in [0.05, 0.1) is 22.2 Å². The monoisotopic (exact) mass is 292 g/mol. The highest BCUT2D eigenvalue weighted by Gasteiger charge is 2.13. The maximum absolute atomic E-state index is 6.21. The van der Waals surface area contributed by atoms with E-state index in [2.05, 4.69) is 16.9 Å². The van der Waals surface area contributed by atoms with Crippen LogP contribution in [0.1, 0.15) is 12.5 Å². The summed E-state index contributed by atoms with van der Waals surface area (Å²) in [6.07, 6.45) is 5.92. The molecule has 98 valence electrons. The molecule has 2 rings (SSSR count). The molecule has 0 fully saturated rings. The number of amidine groups is 1. The average Bonchev–Trinajstić information content (AvgIpc) is 2.42. The van der Waals surface area contributed by atoms with E-state index >= 15 is 0 Å². The van der Waals surface area contributed by atoms with Crippen molar-refractivity contribution in [1.29, 1.82) is 0 Å². The fraction of sp³-hybridized carbons (Fsp3) is 0.133. The summed E-state index contributed by atoms with van der Waals surface area (Å²) in [6.45, 7) is 6.52. The fourth-order valence-corrected chi connectivity index (χ4v) is 2.26. The van der Waals surface area contributed by atoms with E-state index in [-0.39, 0.29) is 0 Å². The van der Waals surface area contributed by atoms with Crippen molar-refractivity contribution >= 4 is 29.0 Å². The maximum Gasteiger partial charge on any atom is 0.136 e. The van der Waals surface area contributed by atoms with Crippen LogP contribution in [-0.2, 0) is 0 Å². The number of allylic oxidation sites excluding steroid dienone is 3. The van der Waals surface area contributed by atoms with Crippen LogP contribution < -0.4 is 5.32 Å². The number of hydrogen-bond donors (Lipinski definition) is 1. The Morgan fingerprint density at radius 1 is 1.21 bits per heavy atom. The largest absolute Gasteiger partial charge is 0.340 e. The first kappa shape index (κ1) is 13.9. The molecule has 19 heavy (non-hydrogen) atoms. The van der Waals surface area contributed by atoms with E-state index in [9.17, 15) is 0 Å². The second-order valence-corrected chi connectivity index (χ2v) is 5.03. The van der Waals surface area contributed by atoms with Gasteiger partial charge >= 0.3 is 0 Å². The van der Waals surface area contributed by atoms with Crippen LogP contribution in [-0.4, -0.2) is 12.4 Å². The van der Waals surface area contributed by atoms with Gasteiger partial charge in [-0.15, -0.1) is 0 Å². The van der Waals surface area contributed by atoms with Gasteiger partial charge in [-0.2, -0.15) is 0 Å². The lowest BCUT2D eigenvalue weighted by Gasteiger charge is -2.12. The fourth-order valence-electron chi connectivity index (χ4n) is 1.68. The normalized spacial score (nSPS) is 20.3. The quantitative estimate of drug-likeness (QED) is 0.817. The number of hydrogen-bond acceptors (Lipinski definition) is 2. The van der Waals surface area contributed by atoms with E-state index in [1.807, 2.05) is 31.2 Å². The molecule has 4 heteroatoms. The zero-order chi connectivity index (χ0) is 13.8. The molecule has 1 aromatic rings. The summed E-state index contributed by atoms with van der Waals surface area (Å²) in [5, 5.41) is 4.27. The SMILES string of the molecule is C=C1/C=C\C(C)=C/CN=C(c2c(Cl)cccc2Cl)N1. The number of nitrogens with one attached hydrogen (secondary N) is 1. The summed E-state index contributed by atoms with van der Waals surface area (Å²) >= 11 is 12.4. The van der Waals surface area contributed by atoms with Gasteiger partial charge in [0, 0.05) is 5.70 Å². The van der Waals surface area contributed by atoms with Gasteiger partial charge in [-0.05, 0) is 25.1 Å². The van der Waals surface area contributed by atoms with Crippen molar-refractivity contribution in [3.05, 3.63) is 69.9 Å². The Kier molecular flexibility index (Phi) is 4.46. The number of nitrogens with zero attached hydrogens (tertiary/aromatic N) is 1. The summed E-state index contributed by atoms with van der Waals surface area (Å²) < 4.78 is 0. The van der Waals surface area contributed by atoms with Gasteiger partial charge in [-0.3, -0.25) is 4.99 Å². The highest BCUT2D eigenvalue weighted by Crippen LogP contribution is 2.25. The van der Waals surface area contributed by atoms with Crippen LogP contribution in [0.3, 0.4) is 0 Å². The maximum atomic E-state index is 6.21. The van der Waals surface area contributed by atoms with E-state index in [0.29, 0.717) is 28.0 Å². The number of benzene rings is 1. The molecule has 1 aromatic carbocycles. The Morgan fingerprint density at radius 3 is 2.58 bits per heavy atom. The van der Waals surface area contributed by atoms with E-state index in [1.165, 1.54) is 0 Å². The van der Waals surface area contributed by atoms with Gasteiger partial charge in [-0.25, -0.2) is 0 Å². The molecule has 0 saturated carbocycles. The lowest BCUT2D eigenvalue weighted by Crippen LogP contribution is -2.23. The minimum Gasteiger partial charge on any atom is -0.340 e. The molecular formula is C15H14Cl2N2. The number of rotatable bonds is 1. The van der Waals surface area contributed by atoms with Crippen molar-refractivity contribution in [3.8, 4) is 0 Å². The van der Waals surface area contributed by atoms with E-state index < -0.39 is 0 Å². The van der Waals surface area contributed by atoms with Crippen molar-refractivity contribution in [3.63, 3.8) is 0 Å². The third-order valence-electron chi connectivity index (χ3n) is 2.69. The topological polar surface area (TPSA) is 24.4 Å². The first-order valence-electron chi connectivity index (χ1n) is 5.87. The van der Waals surface area contributed by atoms with Crippen molar-refractivity contribution in [2.45, 2.75) is 6.92 Å². The van der Waals surface area contributed by atoms with Gasteiger partial charge in [-0.1, -0.05) is 53.6 Å². The molecule has 0 radical (unpaired) electrons. The minimum absolute atomic E-state index is 0.563. The highest BCUT2D eigenvalue weighted by atomic mass is 35.5. The van der Waals surface area contributed by atoms with E-state index in [0.717, 1.165) is 11.3 Å². The predicted molar refractivity (Wildman–Crippen MR) is 83.0 cm³/mol. The summed E-state index contributed by atoms with van der Waals surface area (Å²) in [6, 6.07) is 5.39. The van der Waals surface area contributed by atoms with Gasteiger partial charge in [0.2, 0.25) is 0 Å². The minimum atomic E-state index is 0.563. The number of aliphatic imine (C=N–C) groups is 1. The standard InChI is InChI=1S/C15H14Cl2N2/c1-10-6-7-11(2)19-15(18-9-8-10)14-12(16)4-3-5-13(14)17/h3-8H,2,9H2,1H3,(H,18,19)/b7-6-,10-8-. The number of halogens is 2. The molecule has 0 aromatic heterocycles. The van der Waals surface area contributed by atoms with Crippen molar-refractivity contribution in [2.75, 3.05) is 6.54 Å². The molecule has 0 amide bonds. The second kappa shape index (κ2) is 6.09. The Balaban J connectivity index is 2.46. The molecule has 2 nitrogen and oxygen atoms in total. The lowest BCUT2D eigenvalue weighted by atomic mass is 10.2. The van der Waals surface area contributed by atoms with E-state index in [1.54, 1.807) is 12.1 Å². The van der Waals surface area contributed by atoms with Crippen LogP contribution in [0.4, 0.5) is 0 Å². The van der Waals surface area contributed by atoms with Crippen molar-refractivity contribution < 1.29 is 0 Å². The lowest BCUT2D eigenvalue weighted by molar-refractivity contribution is 1.13. The third-order valence-corrected chi connectivity index (χ3v) is 3.32. The Hall–Kier alpha value is -1.51. The second-order valence-electron chi connectivity index (χ2n) is 4.22. The molecule has 1 N–H and O–H groups in total. The average molecular weight is 293 g/mol. The van der Waals surface area contributed by atoms with Crippen LogP contribution in [0.25, 0.3) is 0 Å². The van der Waals surface area contributed by atoms with Gasteiger partial charge in [0.15, 0.2) is 0 Å². The Labute approximate surface area is 123 Å². The van der Waals surface area contributed by atoms with Crippen molar-refractivity contribution in [2.24, 2.45) is 4.99 Å². The molecular weight excluding hydrogens is 279 g/mol. The zero-order valence-corrected chi connectivity index (χ0v) is 12.1. The molecule has 1 aliphatic rings. The Morgan fingerprint density at radius 2 is 1.89 bits per heavy atom. The van der Waals surface area contributed by atoms with Crippen LogP contribution >= 0.6 is 23.2 Å². The van der Waals surface area contributed by atoms with E-state index in [4.69, 9.17) is 23.2 Å². The van der Waals surface area contributed by atoms with Gasteiger partial charge in [0.25, 0.3) is 0 Å². The van der Waals surface area contributed by atoms with Crippen LogP contribution in [0.2, 0.25) is 10.0 Å². The summed E-state index contributed by atoms with van der Waals surface area (Å²) in [4.78, 5) is 4.50. The molecule has 0 saturated heterocycles. The first-order valence-corrected chi connectivity index (χ1v) is 6.63. The molecule has 0 bridgehead atoms.